The summed E-state index contributed by atoms with van der Waals surface area (Å²) in [6.07, 6.45) is 0. The SMILES string of the molecule is O=C(Cl)CN(c1ccc(I)cc1)S(=O)(=O)c1ccccc1. The third-order valence-corrected chi connectivity index (χ3v) is 5.34. The largest absolute Gasteiger partial charge is 0.279 e. The van der Waals surface area contributed by atoms with E-state index in [0.717, 1.165) is 7.88 Å². The van der Waals surface area contributed by atoms with Gasteiger partial charge in [0, 0.05) is 3.57 Å². The average molecular weight is 436 g/mol. The Hall–Kier alpha value is -1.12. The summed E-state index contributed by atoms with van der Waals surface area (Å²) >= 11 is 7.52. The summed E-state index contributed by atoms with van der Waals surface area (Å²) in [5.41, 5.74) is 0.397. The number of rotatable bonds is 5. The minimum Gasteiger partial charge on any atom is -0.279 e. The summed E-state index contributed by atoms with van der Waals surface area (Å²) in [4.78, 5) is 11.3. The molecule has 0 heterocycles. The molecule has 0 aliphatic carbocycles. The molecule has 0 saturated heterocycles. The predicted octanol–water partition coefficient (Wildman–Crippen LogP) is 3.25. The standard InChI is InChI=1S/C14H11ClINO3S/c15-14(18)10-17(12-8-6-11(16)7-9-12)21(19,20)13-4-2-1-3-5-13/h1-9H,10H2. The van der Waals surface area contributed by atoms with Gasteiger partial charge in [-0.2, -0.15) is 0 Å². The summed E-state index contributed by atoms with van der Waals surface area (Å²) in [6.45, 7) is -0.417. The monoisotopic (exact) mass is 435 g/mol. The molecule has 2 aromatic rings. The molecule has 2 aromatic carbocycles. The topological polar surface area (TPSA) is 54.5 Å². The number of hydrogen-bond donors (Lipinski definition) is 0. The maximum Gasteiger partial charge on any atom is 0.264 e. The Balaban J connectivity index is 2.50. The van der Waals surface area contributed by atoms with Gasteiger partial charge in [-0.25, -0.2) is 8.42 Å². The Kier molecular flexibility index (Phi) is 5.23. The van der Waals surface area contributed by atoms with Gasteiger partial charge in [-0.1, -0.05) is 18.2 Å². The molecule has 21 heavy (non-hydrogen) atoms. The lowest BCUT2D eigenvalue weighted by Crippen LogP contribution is -2.34. The number of anilines is 1. The molecule has 110 valence electrons. The molecule has 0 atom stereocenters. The van der Waals surface area contributed by atoms with Gasteiger partial charge >= 0.3 is 0 Å². The summed E-state index contributed by atoms with van der Waals surface area (Å²) in [7, 11) is -3.84. The molecule has 0 aliphatic heterocycles. The fourth-order valence-electron chi connectivity index (χ4n) is 1.76. The normalized spacial score (nSPS) is 11.1. The molecular formula is C14H11ClINO3S. The number of sulfonamides is 1. The maximum atomic E-state index is 12.7. The fraction of sp³-hybridized carbons (Fsp3) is 0.0714. The van der Waals surface area contributed by atoms with Crippen LogP contribution in [-0.2, 0) is 14.8 Å². The van der Waals surface area contributed by atoms with E-state index in [1.54, 1.807) is 42.5 Å². The van der Waals surface area contributed by atoms with Gasteiger partial charge in [-0.05, 0) is 70.6 Å². The Morgan fingerprint density at radius 2 is 1.62 bits per heavy atom. The molecule has 0 radical (unpaired) electrons. The summed E-state index contributed by atoms with van der Waals surface area (Å²) in [5, 5.41) is -0.743. The number of hydrogen-bond acceptors (Lipinski definition) is 3. The highest BCUT2D eigenvalue weighted by Crippen LogP contribution is 2.24. The third-order valence-electron chi connectivity index (χ3n) is 2.71. The van der Waals surface area contributed by atoms with E-state index in [0.29, 0.717) is 5.69 Å². The zero-order valence-electron chi connectivity index (χ0n) is 10.7. The van der Waals surface area contributed by atoms with Gasteiger partial charge in [-0.15, -0.1) is 0 Å². The minimum atomic E-state index is -3.84. The fourth-order valence-corrected chi connectivity index (χ4v) is 3.75. The second-order valence-corrected chi connectivity index (χ2v) is 7.69. The Morgan fingerprint density at radius 3 is 2.14 bits per heavy atom. The van der Waals surface area contributed by atoms with Crippen molar-refractivity contribution >= 4 is 55.1 Å². The number of halogens is 2. The van der Waals surface area contributed by atoms with Crippen molar-refractivity contribution in [3.05, 3.63) is 58.2 Å². The van der Waals surface area contributed by atoms with E-state index in [2.05, 4.69) is 22.6 Å². The lowest BCUT2D eigenvalue weighted by molar-refractivity contribution is -0.110. The maximum absolute atomic E-state index is 12.7. The molecule has 0 amide bonds. The van der Waals surface area contributed by atoms with Gasteiger partial charge in [0.25, 0.3) is 10.0 Å². The van der Waals surface area contributed by atoms with Gasteiger partial charge in [0.1, 0.15) is 6.54 Å². The van der Waals surface area contributed by atoms with Crippen LogP contribution >= 0.6 is 34.2 Å². The molecular weight excluding hydrogens is 425 g/mol. The molecule has 0 bridgehead atoms. The number of benzene rings is 2. The van der Waals surface area contributed by atoms with E-state index in [9.17, 15) is 13.2 Å². The Morgan fingerprint density at radius 1 is 1.05 bits per heavy atom. The number of carbonyl (C=O) groups excluding carboxylic acids is 1. The molecule has 0 aliphatic rings. The van der Waals surface area contributed by atoms with Gasteiger partial charge < -0.3 is 0 Å². The van der Waals surface area contributed by atoms with Crippen LogP contribution in [0.3, 0.4) is 0 Å². The molecule has 2 rings (SSSR count). The summed E-state index contributed by atoms with van der Waals surface area (Å²) in [6, 6.07) is 14.7. The number of nitrogens with zero attached hydrogens (tertiary/aromatic N) is 1. The van der Waals surface area contributed by atoms with Gasteiger partial charge in [-0.3, -0.25) is 9.10 Å². The first-order valence-electron chi connectivity index (χ1n) is 5.93. The van der Waals surface area contributed by atoms with Gasteiger partial charge in [0.15, 0.2) is 0 Å². The quantitative estimate of drug-likeness (QED) is 0.535. The van der Waals surface area contributed by atoms with Crippen molar-refractivity contribution in [2.45, 2.75) is 4.90 Å². The first kappa shape index (κ1) is 16.3. The molecule has 0 spiro atoms. The van der Waals surface area contributed by atoms with Crippen molar-refractivity contribution in [1.82, 2.24) is 0 Å². The summed E-state index contributed by atoms with van der Waals surface area (Å²) in [5.74, 6) is 0. The van der Waals surface area contributed by atoms with Crippen LogP contribution in [0.25, 0.3) is 0 Å². The first-order valence-corrected chi connectivity index (χ1v) is 8.82. The van der Waals surface area contributed by atoms with E-state index in [4.69, 9.17) is 11.6 Å². The molecule has 0 fully saturated rings. The molecule has 0 aromatic heterocycles. The van der Waals surface area contributed by atoms with Crippen LogP contribution in [0.4, 0.5) is 5.69 Å². The number of carbonyl (C=O) groups is 1. The van der Waals surface area contributed by atoms with Crippen molar-refractivity contribution in [3.8, 4) is 0 Å². The zero-order chi connectivity index (χ0) is 15.5. The van der Waals surface area contributed by atoms with Crippen molar-refractivity contribution < 1.29 is 13.2 Å². The molecule has 0 unspecified atom stereocenters. The highest BCUT2D eigenvalue weighted by molar-refractivity contribution is 14.1. The van der Waals surface area contributed by atoms with E-state index < -0.39 is 21.8 Å². The Bertz CT molecular complexity index is 733. The van der Waals surface area contributed by atoms with Crippen LogP contribution in [0.2, 0.25) is 0 Å². The Labute approximate surface area is 141 Å². The molecule has 0 saturated carbocycles. The second kappa shape index (κ2) is 6.76. The van der Waals surface area contributed by atoms with Crippen LogP contribution < -0.4 is 4.31 Å². The van der Waals surface area contributed by atoms with Crippen LogP contribution in [0.5, 0.6) is 0 Å². The minimum absolute atomic E-state index is 0.112. The van der Waals surface area contributed by atoms with Crippen molar-refractivity contribution in [3.63, 3.8) is 0 Å². The van der Waals surface area contributed by atoms with Crippen LogP contribution in [0.1, 0.15) is 0 Å². The van der Waals surface area contributed by atoms with Crippen molar-refractivity contribution in [2.75, 3.05) is 10.8 Å². The van der Waals surface area contributed by atoms with E-state index >= 15 is 0 Å². The highest BCUT2D eigenvalue weighted by atomic mass is 127. The van der Waals surface area contributed by atoms with E-state index in [1.807, 2.05) is 0 Å². The predicted molar refractivity (Wildman–Crippen MR) is 91.0 cm³/mol. The van der Waals surface area contributed by atoms with Gasteiger partial charge in [0.05, 0.1) is 10.6 Å². The average Bonchev–Trinajstić information content (AvgIpc) is 2.46. The zero-order valence-corrected chi connectivity index (χ0v) is 14.5. The van der Waals surface area contributed by atoms with Crippen molar-refractivity contribution in [2.24, 2.45) is 0 Å². The lowest BCUT2D eigenvalue weighted by Gasteiger charge is -2.23. The van der Waals surface area contributed by atoms with Crippen LogP contribution in [0.15, 0.2) is 59.5 Å². The first-order chi connectivity index (χ1) is 9.91. The van der Waals surface area contributed by atoms with E-state index in [-0.39, 0.29) is 4.90 Å². The molecule has 7 heteroatoms. The molecule has 0 N–H and O–H groups in total. The third kappa shape index (κ3) is 3.96. The van der Waals surface area contributed by atoms with Crippen molar-refractivity contribution in [1.29, 1.82) is 0 Å². The summed E-state index contributed by atoms with van der Waals surface area (Å²) < 4.78 is 27.3. The molecule has 4 nitrogen and oxygen atoms in total. The van der Waals surface area contributed by atoms with Crippen LogP contribution in [0, 0.1) is 3.57 Å². The van der Waals surface area contributed by atoms with E-state index in [1.165, 1.54) is 12.1 Å². The van der Waals surface area contributed by atoms with Gasteiger partial charge in [0.2, 0.25) is 5.24 Å². The van der Waals surface area contributed by atoms with Crippen LogP contribution in [-0.4, -0.2) is 20.2 Å². The second-order valence-electron chi connectivity index (χ2n) is 4.16. The smallest absolute Gasteiger partial charge is 0.264 e. The lowest BCUT2D eigenvalue weighted by atomic mass is 10.3. The highest BCUT2D eigenvalue weighted by Gasteiger charge is 2.26.